The molecule has 4 nitrogen and oxygen atoms in total. The van der Waals surface area contributed by atoms with Crippen molar-refractivity contribution in [1.82, 2.24) is 5.06 Å². The molecular weight excluding hydrogens is 218 g/mol. The number of imide groups is 1. The zero-order chi connectivity index (χ0) is 12.4. The molecule has 0 saturated heterocycles. The predicted molar refractivity (Wildman–Crippen MR) is 62.3 cm³/mol. The van der Waals surface area contributed by atoms with Gasteiger partial charge in [0.05, 0.1) is 17.7 Å². The van der Waals surface area contributed by atoms with Crippen LogP contribution in [0.15, 0.2) is 24.3 Å². The number of hydroxylamine groups is 2. The Hall–Kier alpha value is -1.68. The lowest BCUT2D eigenvalue weighted by Crippen LogP contribution is -2.30. The quantitative estimate of drug-likeness (QED) is 0.749. The lowest BCUT2D eigenvalue weighted by atomic mass is 10.1. The summed E-state index contributed by atoms with van der Waals surface area (Å²) in [5.74, 6) is -0.256. The molecule has 17 heavy (non-hydrogen) atoms. The molecule has 0 fully saturated rings. The van der Waals surface area contributed by atoms with E-state index in [0.717, 1.165) is 11.5 Å². The summed E-state index contributed by atoms with van der Waals surface area (Å²) in [6.07, 6.45) is 0.813. The SMILES string of the molecule is CC(C)CCON1C(=O)c2ccccc2C1=O. The number of carbonyl (C=O) groups is 2. The molecule has 90 valence electrons. The fourth-order valence-electron chi connectivity index (χ4n) is 1.66. The summed E-state index contributed by atoms with van der Waals surface area (Å²) < 4.78 is 0. The number of hydrogen-bond donors (Lipinski definition) is 0. The number of hydrogen-bond acceptors (Lipinski definition) is 3. The summed E-state index contributed by atoms with van der Waals surface area (Å²) in [5.41, 5.74) is 0.837. The van der Waals surface area contributed by atoms with Crippen LogP contribution in [0.4, 0.5) is 0 Å². The molecule has 2 rings (SSSR count). The van der Waals surface area contributed by atoms with Crippen molar-refractivity contribution in [3.05, 3.63) is 35.4 Å². The summed E-state index contributed by atoms with van der Waals surface area (Å²) in [7, 11) is 0. The Morgan fingerprint density at radius 1 is 1.12 bits per heavy atom. The lowest BCUT2D eigenvalue weighted by molar-refractivity contribution is -0.0939. The third-order valence-electron chi connectivity index (χ3n) is 2.67. The highest BCUT2D eigenvalue weighted by Gasteiger charge is 2.36. The monoisotopic (exact) mass is 233 g/mol. The van der Waals surface area contributed by atoms with Crippen LogP contribution < -0.4 is 0 Å². The van der Waals surface area contributed by atoms with Crippen molar-refractivity contribution in [2.24, 2.45) is 5.92 Å². The van der Waals surface area contributed by atoms with Crippen LogP contribution in [0.3, 0.4) is 0 Å². The second-order valence-electron chi connectivity index (χ2n) is 4.47. The van der Waals surface area contributed by atoms with Crippen molar-refractivity contribution in [3.63, 3.8) is 0 Å². The van der Waals surface area contributed by atoms with Gasteiger partial charge in [0.25, 0.3) is 11.8 Å². The molecule has 0 radical (unpaired) electrons. The number of carbonyl (C=O) groups excluding carboxylic acids is 2. The van der Waals surface area contributed by atoms with E-state index >= 15 is 0 Å². The zero-order valence-electron chi connectivity index (χ0n) is 9.97. The first-order valence-electron chi connectivity index (χ1n) is 5.72. The summed E-state index contributed by atoms with van der Waals surface area (Å²) >= 11 is 0. The highest BCUT2D eigenvalue weighted by atomic mass is 16.7. The number of nitrogens with zero attached hydrogens (tertiary/aromatic N) is 1. The van der Waals surface area contributed by atoms with Gasteiger partial charge in [-0.1, -0.05) is 26.0 Å². The van der Waals surface area contributed by atoms with Gasteiger partial charge in [-0.2, -0.15) is 0 Å². The van der Waals surface area contributed by atoms with Gasteiger partial charge < -0.3 is 0 Å². The van der Waals surface area contributed by atoms with E-state index in [1.807, 2.05) is 0 Å². The first-order valence-corrected chi connectivity index (χ1v) is 5.72. The minimum atomic E-state index is -0.366. The maximum Gasteiger partial charge on any atom is 0.285 e. The molecule has 1 heterocycles. The Bertz CT molecular complexity index is 419. The van der Waals surface area contributed by atoms with Gasteiger partial charge in [-0.25, -0.2) is 0 Å². The Morgan fingerprint density at radius 3 is 2.12 bits per heavy atom. The minimum Gasteiger partial charge on any atom is -0.266 e. The molecule has 0 saturated carbocycles. The van der Waals surface area contributed by atoms with Gasteiger partial charge in [0, 0.05) is 0 Å². The van der Waals surface area contributed by atoms with Crippen LogP contribution in [0.1, 0.15) is 41.0 Å². The van der Waals surface area contributed by atoms with Crippen LogP contribution in [0.2, 0.25) is 0 Å². The van der Waals surface area contributed by atoms with Crippen LogP contribution >= 0.6 is 0 Å². The van der Waals surface area contributed by atoms with Gasteiger partial charge in [-0.3, -0.25) is 14.4 Å². The van der Waals surface area contributed by atoms with Crippen molar-refractivity contribution < 1.29 is 14.4 Å². The van der Waals surface area contributed by atoms with E-state index < -0.39 is 0 Å². The maximum absolute atomic E-state index is 11.9. The highest BCUT2D eigenvalue weighted by molar-refractivity contribution is 6.20. The van der Waals surface area contributed by atoms with E-state index in [9.17, 15) is 9.59 Å². The van der Waals surface area contributed by atoms with E-state index in [4.69, 9.17) is 4.84 Å². The second-order valence-corrected chi connectivity index (χ2v) is 4.47. The van der Waals surface area contributed by atoms with Gasteiger partial charge >= 0.3 is 0 Å². The summed E-state index contributed by atoms with van der Waals surface area (Å²) in [4.78, 5) is 29.0. The smallest absolute Gasteiger partial charge is 0.266 e. The van der Waals surface area contributed by atoms with Crippen molar-refractivity contribution in [2.45, 2.75) is 20.3 Å². The molecule has 1 aromatic rings. The van der Waals surface area contributed by atoms with E-state index in [1.54, 1.807) is 24.3 Å². The molecule has 1 aromatic carbocycles. The van der Waals surface area contributed by atoms with E-state index in [-0.39, 0.29) is 11.8 Å². The number of benzene rings is 1. The van der Waals surface area contributed by atoms with Crippen LogP contribution in [-0.2, 0) is 4.84 Å². The molecule has 0 unspecified atom stereocenters. The number of fused-ring (bicyclic) bond motifs is 1. The van der Waals surface area contributed by atoms with Crippen molar-refractivity contribution in [3.8, 4) is 0 Å². The Labute approximate surface area is 100 Å². The maximum atomic E-state index is 11.9. The van der Waals surface area contributed by atoms with Gasteiger partial charge in [-0.05, 0) is 24.5 Å². The molecule has 0 N–H and O–H groups in total. The van der Waals surface area contributed by atoms with Gasteiger partial charge in [0.1, 0.15) is 0 Å². The summed E-state index contributed by atoms with van der Waals surface area (Å²) in [6, 6.07) is 6.76. The average Bonchev–Trinajstić information content (AvgIpc) is 2.54. The molecule has 0 bridgehead atoms. The number of amides is 2. The van der Waals surface area contributed by atoms with Crippen LogP contribution in [0.25, 0.3) is 0 Å². The molecule has 0 aromatic heterocycles. The summed E-state index contributed by atoms with van der Waals surface area (Å²) in [6.45, 7) is 4.50. The molecule has 2 amide bonds. The number of rotatable bonds is 4. The molecule has 0 spiro atoms. The highest BCUT2D eigenvalue weighted by Crippen LogP contribution is 2.22. The Morgan fingerprint density at radius 2 is 1.65 bits per heavy atom. The van der Waals surface area contributed by atoms with Gasteiger partial charge in [0.2, 0.25) is 0 Å². The van der Waals surface area contributed by atoms with E-state index in [1.165, 1.54) is 0 Å². The van der Waals surface area contributed by atoms with Crippen molar-refractivity contribution >= 4 is 11.8 Å². The first-order chi connectivity index (χ1) is 8.11. The molecule has 4 heteroatoms. The third-order valence-corrected chi connectivity index (χ3v) is 2.67. The van der Waals surface area contributed by atoms with Gasteiger partial charge in [0.15, 0.2) is 0 Å². The first kappa shape index (κ1) is 11.8. The third kappa shape index (κ3) is 2.22. The minimum absolute atomic E-state index is 0.366. The molecule has 1 aliphatic heterocycles. The van der Waals surface area contributed by atoms with E-state index in [0.29, 0.717) is 23.7 Å². The zero-order valence-corrected chi connectivity index (χ0v) is 9.97. The fourth-order valence-corrected chi connectivity index (χ4v) is 1.66. The average molecular weight is 233 g/mol. The fraction of sp³-hybridized carbons (Fsp3) is 0.385. The van der Waals surface area contributed by atoms with Gasteiger partial charge in [-0.15, -0.1) is 5.06 Å². The topological polar surface area (TPSA) is 46.6 Å². The molecule has 0 atom stereocenters. The normalized spacial score (nSPS) is 14.6. The lowest BCUT2D eigenvalue weighted by Gasteiger charge is -2.13. The summed E-state index contributed by atoms with van der Waals surface area (Å²) in [5, 5.41) is 0.868. The molecular formula is C13H15NO3. The van der Waals surface area contributed by atoms with Crippen LogP contribution in [0.5, 0.6) is 0 Å². The second kappa shape index (κ2) is 4.67. The van der Waals surface area contributed by atoms with E-state index in [2.05, 4.69) is 13.8 Å². The van der Waals surface area contributed by atoms with Crippen LogP contribution in [0, 0.1) is 5.92 Å². The molecule has 1 aliphatic rings. The molecule has 0 aliphatic carbocycles. The predicted octanol–water partition coefficient (Wildman–Crippen LogP) is 2.26. The largest absolute Gasteiger partial charge is 0.285 e. The Kier molecular flexibility index (Phi) is 3.24. The Balaban J connectivity index is 2.08. The standard InChI is InChI=1S/C13H15NO3/c1-9(2)7-8-17-14-12(15)10-5-3-4-6-11(10)13(14)16/h3-6,9H,7-8H2,1-2H3. The van der Waals surface area contributed by atoms with Crippen LogP contribution in [-0.4, -0.2) is 23.5 Å². The van der Waals surface area contributed by atoms with Crippen molar-refractivity contribution in [2.75, 3.05) is 6.61 Å². The van der Waals surface area contributed by atoms with Crippen molar-refractivity contribution in [1.29, 1.82) is 0 Å².